The number of para-hydroxylation sites is 1. The molecule has 1 aliphatic carbocycles. The molecule has 1 aliphatic rings. The number of amides is 1. The molecule has 1 aromatic heterocycles. The van der Waals surface area contributed by atoms with E-state index in [1.165, 1.54) is 0 Å². The van der Waals surface area contributed by atoms with E-state index in [2.05, 4.69) is 16.4 Å². The third-order valence-corrected chi connectivity index (χ3v) is 3.70. The van der Waals surface area contributed by atoms with Gasteiger partial charge < -0.3 is 5.32 Å². The van der Waals surface area contributed by atoms with E-state index in [0.29, 0.717) is 18.5 Å². The van der Waals surface area contributed by atoms with Gasteiger partial charge in [-0.3, -0.25) is 9.78 Å². The van der Waals surface area contributed by atoms with E-state index < -0.39 is 5.41 Å². The number of hydrogen-bond acceptors (Lipinski definition) is 3. The zero-order chi connectivity index (χ0) is 13.3. The third kappa shape index (κ3) is 1.93. The predicted octanol–water partition coefficient (Wildman–Crippen LogP) is 2.87. The molecule has 94 valence electrons. The van der Waals surface area contributed by atoms with Gasteiger partial charge in [-0.25, -0.2) is 0 Å². The van der Waals surface area contributed by atoms with Crippen LogP contribution in [0.1, 0.15) is 19.3 Å². The number of aromatic nitrogens is 1. The van der Waals surface area contributed by atoms with Gasteiger partial charge in [0.1, 0.15) is 5.41 Å². The van der Waals surface area contributed by atoms with Gasteiger partial charge in [0.15, 0.2) is 0 Å². The average molecular weight is 251 g/mol. The fraction of sp³-hybridized carbons (Fsp3) is 0.267. The first kappa shape index (κ1) is 11.7. The molecular formula is C15H13N3O. The summed E-state index contributed by atoms with van der Waals surface area (Å²) < 4.78 is 0. The number of benzene rings is 1. The van der Waals surface area contributed by atoms with Crippen LogP contribution in [0.5, 0.6) is 0 Å². The molecule has 1 saturated carbocycles. The van der Waals surface area contributed by atoms with Crippen LogP contribution < -0.4 is 5.32 Å². The minimum atomic E-state index is -0.828. The monoisotopic (exact) mass is 251 g/mol. The molecule has 3 rings (SSSR count). The molecule has 0 radical (unpaired) electrons. The largest absolute Gasteiger partial charge is 0.323 e. The molecular weight excluding hydrogens is 238 g/mol. The van der Waals surface area contributed by atoms with E-state index in [4.69, 9.17) is 5.26 Å². The van der Waals surface area contributed by atoms with E-state index in [1.54, 1.807) is 6.20 Å². The van der Waals surface area contributed by atoms with E-state index in [-0.39, 0.29) is 5.91 Å². The molecule has 19 heavy (non-hydrogen) atoms. The molecule has 2 aromatic rings. The number of carbonyl (C=O) groups excluding carboxylic acids is 1. The molecule has 0 bridgehead atoms. The minimum absolute atomic E-state index is 0.210. The standard InChI is InChI=1S/C15H13N3O/c16-10-15(6-3-7-15)14(19)18-12-8-11-4-1-2-5-13(11)17-9-12/h1-2,4-5,8-9H,3,6-7H2,(H,18,19). The average Bonchev–Trinajstić information content (AvgIpc) is 2.38. The Morgan fingerprint density at radius 1 is 1.37 bits per heavy atom. The van der Waals surface area contributed by atoms with Crippen LogP contribution in [-0.2, 0) is 4.79 Å². The lowest BCUT2D eigenvalue weighted by Gasteiger charge is -2.33. The third-order valence-electron chi connectivity index (χ3n) is 3.70. The minimum Gasteiger partial charge on any atom is -0.323 e. The van der Waals surface area contributed by atoms with Crippen molar-refractivity contribution in [2.45, 2.75) is 19.3 Å². The van der Waals surface area contributed by atoms with Gasteiger partial charge in [-0.15, -0.1) is 0 Å². The van der Waals surface area contributed by atoms with Gasteiger partial charge in [0.2, 0.25) is 5.91 Å². The molecule has 4 heteroatoms. The topological polar surface area (TPSA) is 65.8 Å². The molecule has 0 saturated heterocycles. The first-order chi connectivity index (χ1) is 9.23. The predicted molar refractivity (Wildman–Crippen MR) is 72.3 cm³/mol. The van der Waals surface area contributed by atoms with Crippen LogP contribution in [0.15, 0.2) is 36.5 Å². The Morgan fingerprint density at radius 2 is 2.16 bits per heavy atom. The van der Waals surface area contributed by atoms with Gasteiger partial charge >= 0.3 is 0 Å². The number of anilines is 1. The first-order valence-corrected chi connectivity index (χ1v) is 6.31. The Bertz CT molecular complexity index is 683. The number of nitrogens with one attached hydrogen (secondary N) is 1. The van der Waals surface area contributed by atoms with Crippen LogP contribution in [0.3, 0.4) is 0 Å². The molecule has 1 N–H and O–H groups in total. The molecule has 1 amide bonds. The van der Waals surface area contributed by atoms with Crippen molar-refractivity contribution in [1.29, 1.82) is 5.26 Å². The fourth-order valence-electron chi connectivity index (χ4n) is 2.31. The molecule has 0 spiro atoms. The van der Waals surface area contributed by atoms with Gasteiger partial charge in [-0.1, -0.05) is 18.2 Å². The summed E-state index contributed by atoms with van der Waals surface area (Å²) in [6.07, 6.45) is 3.87. The highest BCUT2D eigenvalue weighted by Crippen LogP contribution is 2.41. The summed E-state index contributed by atoms with van der Waals surface area (Å²) in [4.78, 5) is 16.4. The summed E-state index contributed by atoms with van der Waals surface area (Å²) in [5.41, 5.74) is 0.704. The molecule has 1 heterocycles. The first-order valence-electron chi connectivity index (χ1n) is 6.31. The van der Waals surface area contributed by atoms with Crippen LogP contribution in [0.4, 0.5) is 5.69 Å². The SMILES string of the molecule is N#CC1(C(=O)Nc2cnc3ccccc3c2)CCC1. The van der Waals surface area contributed by atoms with Crippen molar-refractivity contribution in [1.82, 2.24) is 4.98 Å². The number of hydrogen-bond donors (Lipinski definition) is 1. The summed E-state index contributed by atoms with van der Waals surface area (Å²) in [5, 5.41) is 12.9. The van der Waals surface area contributed by atoms with E-state index in [9.17, 15) is 4.79 Å². The van der Waals surface area contributed by atoms with Crippen LogP contribution in [0, 0.1) is 16.7 Å². The van der Waals surface area contributed by atoms with Gasteiger partial charge in [-0.2, -0.15) is 5.26 Å². The van der Waals surface area contributed by atoms with Crippen molar-refractivity contribution in [3.8, 4) is 6.07 Å². The van der Waals surface area contributed by atoms with Crippen molar-refractivity contribution < 1.29 is 4.79 Å². The summed E-state index contributed by atoms with van der Waals surface area (Å²) in [5.74, 6) is -0.210. The molecule has 0 unspecified atom stereocenters. The maximum Gasteiger partial charge on any atom is 0.244 e. The Labute approximate surface area is 111 Å². The lowest BCUT2D eigenvalue weighted by molar-refractivity contribution is -0.126. The Balaban J connectivity index is 1.86. The van der Waals surface area contributed by atoms with Gasteiger partial charge in [0, 0.05) is 5.39 Å². The summed E-state index contributed by atoms with van der Waals surface area (Å²) in [7, 11) is 0. The van der Waals surface area contributed by atoms with E-state index >= 15 is 0 Å². The number of pyridine rings is 1. The lowest BCUT2D eigenvalue weighted by atomic mass is 9.69. The molecule has 1 fully saturated rings. The Kier molecular flexibility index (Phi) is 2.68. The highest BCUT2D eigenvalue weighted by Gasteiger charge is 2.44. The highest BCUT2D eigenvalue weighted by atomic mass is 16.2. The molecule has 1 aromatic carbocycles. The second-order valence-corrected chi connectivity index (χ2v) is 4.92. The van der Waals surface area contributed by atoms with E-state index in [1.807, 2.05) is 30.3 Å². The number of fused-ring (bicyclic) bond motifs is 1. The summed E-state index contributed by atoms with van der Waals surface area (Å²) >= 11 is 0. The molecule has 0 atom stereocenters. The van der Waals surface area contributed by atoms with Gasteiger partial charge in [-0.05, 0) is 31.4 Å². The number of nitrogens with zero attached hydrogens (tertiary/aromatic N) is 2. The summed E-state index contributed by atoms with van der Waals surface area (Å²) in [6.45, 7) is 0. The van der Waals surface area contributed by atoms with Gasteiger partial charge in [0.05, 0.1) is 23.5 Å². The lowest BCUT2D eigenvalue weighted by Crippen LogP contribution is -2.40. The zero-order valence-corrected chi connectivity index (χ0v) is 10.4. The summed E-state index contributed by atoms with van der Waals surface area (Å²) in [6, 6.07) is 11.7. The van der Waals surface area contributed by atoms with Crippen molar-refractivity contribution in [2.75, 3.05) is 5.32 Å². The molecule has 4 nitrogen and oxygen atoms in total. The van der Waals surface area contributed by atoms with Crippen molar-refractivity contribution in [2.24, 2.45) is 5.41 Å². The quantitative estimate of drug-likeness (QED) is 0.892. The zero-order valence-electron chi connectivity index (χ0n) is 10.4. The molecule has 0 aliphatic heterocycles. The van der Waals surface area contributed by atoms with Crippen LogP contribution in [-0.4, -0.2) is 10.9 Å². The number of nitriles is 1. The second kappa shape index (κ2) is 4.36. The maximum atomic E-state index is 12.1. The maximum absolute atomic E-state index is 12.1. The smallest absolute Gasteiger partial charge is 0.244 e. The van der Waals surface area contributed by atoms with Crippen LogP contribution >= 0.6 is 0 Å². The van der Waals surface area contributed by atoms with Crippen molar-refractivity contribution >= 4 is 22.5 Å². The van der Waals surface area contributed by atoms with Crippen molar-refractivity contribution in [3.63, 3.8) is 0 Å². The highest BCUT2D eigenvalue weighted by molar-refractivity contribution is 5.99. The van der Waals surface area contributed by atoms with Gasteiger partial charge in [0.25, 0.3) is 0 Å². The Hall–Kier alpha value is -2.41. The number of carbonyl (C=O) groups is 1. The Morgan fingerprint density at radius 3 is 2.84 bits per heavy atom. The fourth-order valence-corrected chi connectivity index (χ4v) is 2.31. The van der Waals surface area contributed by atoms with Crippen molar-refractivity contribution in [3.05, 3.63) is 36.5 Å². The van der Waals surface area contributed by atoms with E-state index in [0.717, 1.165) is 17.3 Å². The second-order valence-electron chi connectivity index (χ2n) is 4.92. The number of rotatable bonds is 2. The van der Waals surface area contributed by atoms with Crippen LogP contribution in [0.25, 0.3) is 10.9 Å². The normalized spacial score (nSPS) is 16.4. The van der Waals surface area contributed by atoms with Crippen LogP contribution in [0.2, 0.25) is 0 Å².